The van der Waals surface area contributed by atoms with Gasteiger partial charge in [-0.05, 0) is 32.6 Å². The van der Waals surface area contributed by atoms with Crippen molar-refractivity contribution in [1.82, 2.24) is 20.1 Å². The maximum Gasteiger partial charge on any atom is 0.239 e. The maximum atomic E-state index is 11.9. The summed E-state index contributed by atoms with van der Waals surface area (Å²) in [5, 5.41) is 7.39. The smallest absolute Gasteiger partial charge is 0.239 e. The Hall–Kier alpha value is -1.43. The second kappa shape index (κ2) is 4.44. The van der Waals surface area contributed by atoms with Crippen LogP contribution in [0, 0.1) is 5.92 Å². The Morgan fingerprint density at radius 2 is 2.35 bits per heavy atom. The molecule has 94 valence electrons. The van der Waals surface area contributed by atoms with Gasteiger partial charge in [0, 0.05) is 6.04 Å². The second-order valence-corrected chi connectivity index (χ2v) is 5.00. The monoisotopic (exact) mass is 237 g/mol. The fraction of sp³-hybridized carbons (Fsp3) is 0.727. The summed E-state index contributed by atoms with van der Waals surface area (Å²) < 4.78 is 1.67. The van der Waals surface area contributed by atoms with E-state index in [9.17, 15) is 4.79 Å². The molecule has 1 fully saturated rings. The van der Waals surface area contributed by atoms with Crippen molar-refractivity contribution >= 4 is 5.91 Å². The van der Waals surface area contributed by atoms with Crippen molar-refractivity contribution in [2.75, 3.05) is 0 Å². The molecule has 6 nitrogen and oxygen atoms in total. The number of carbonyl (C=O) groups is 1. The molecule has 6 heteroatoms. The Morgan fingerprint density at radius 1 is 1.65 bits per heavy atom. The first-order valence-electron chi connectivity index (χ1n) is 5.94. The van der Waals surface area contributed by atoms with Gasteiger partial charge in [0.25, 0.3) is 0 Å². The molecule has 2 rings (SSSR count). The summed E-state index contributed by atoms with van der Waals surface area (Å²) in [6.07, 6.45) is 5.16. The SMILES string of the molecule is CC(C)NC(Cn1cncn1)(C(N)=O)C1CC1. The number of hydrogen-bond acceptors (Lipinski definition) is 4. The maximum absolute atomic E-state index is 11.9. The van der Waals surface area contributed by atoms with Crippen LogP contribution in [0.25, 0.3) is 0 Å². The summed E-state index contributed by atoms with van der Waals surface area (Å²) in [5.74, 6) is 0.0100. The van der Waals surface area contributed by atoms with Gasteiger partial charge in [0.05, 0.1) is 6.54 Å². The van der Waals surface area contributed by atoms with E-state index >= 15 is 0 Å². The van der Waals surface area contributed by atoms with Crippen LogP contribution in [-0.4, -0.2) is 32.3 Å². The van der Waals surface area contributed by atoms with E-state index in [0.717, 1.165) is 12.8 Å². The van der Waals surface area contributed by atoms with E-state index in [1.165, 1.54) is 6.33 Å². The van der Waals surface area contributed by atoms with Gasteiger partial charge in [0.15, 0.2) is 0 Å². The first kappa shape index (κ1) is 12.0. The first-order valence-corrected chi connectivity index (χ1v) is 5.94. The fourth-order valence-electron chi connectivity index (χ4n) is 2.30. The molecule has 0 aromatic carbocycles. The molecule has 1 aromatic heterocycles. The third-order valence-electron chi connectivity index (χ3n) is 3.14. The van der Waals surface area contributed by atoms with Crippen LogP contribution >= 0.6 is 0 Å². The molecule has 1 amide bonds. The molecule has 1 aliphatic rings. The summed E-state index contributed by atoms with van der Waals surface area (Å²) in [4.78, 5) is 15.8. The van der Waals surface area contributed by atoms with Crippen LogP contribution in [0.3, 0.4) is 0 Å². The zero-order valence-corrected chi connectivity index (χ0v) is 10.3. The third-order valence-corrected chi connectivity index (χ3v) is 3.14. The molecule has 1 saturated carbocycles. The quantitative estimate of drug-likeness (QED) is 0.724. The number of nitrogens with two attached hydrogens (primary N) is 1. The van der Waals surface area contributed by atoms with Crippen LogP contribution in [-0.2, 0) is 11.3 Å². The van der Waals surface area contributed by atoms with Crippen LogP contribution in [0.5, 0.6) is 0 Å². The Bertz CT molecular complexity index is 385. The number of hydrogen-bond donors (Lipinski definition) is 2. The number of aromatic nitrogens is 3. The van der Waals surface area contributed by atoms with Gasteiger partial charge in [-0.25, -0.2) is 4.98 Å². The zero-order valence-electron chi connectivity index (χ0n) is 10.3. The summed E-state index contributed by atoms with van der Waals surface area (Å²) >= 11 is 0. The van der Waals surface area contributed by atoms with Crippen molar-refractivity contribution in [3.05, 3.63) is 12.7 Å². The van der Waals surface area contributed by atoms with E-state index in [-0.39, 0.29) is 11.9 Å². The van der Waals surface area contributed by atoms with Crippen molar-refractivity contribution < 1.29 is 4.79 Å². The number of carbonyl (C=O) groups excluding carboxylic acids is 1. The van der Waals surface area contributed by atoms with Gasteiger partial charge in [0.1, 0.15) is 18.2 Å². The van der Waals surface area contributed by atoms with Gasteiger partial charge in [-0.3, -0.25) is 14.8 Å². The van der Waals surface area contributed by atoms with E-state index in [0.29, 0.717) is 12.5 Å². The molecule has 1 aromatic rings. The molecule has 1 unspecified atom stereocenters. The summed E-state index contributed by atoms with van der Waals surface area (Å²) in [5.41, 5.74) is 4.92. The molecule has 1 heterocycles. The van der Waals surface area contributed by atoms with Gasteiger partial charge in [-0.1, -0.05) is 0 Å². The van der Waals surface area contributed by atoms with Crippen LogP contribution in [0.1, 0.15) is 26.7 Å². The van der Waals surface area contributed by atoms with Crippen molar-refractivity contribution in [2.45, 2.75) is 44.8 Å². The first-order chi connectivity index (χ1) is 8.04. The lowest BCUT2D eigenvalue weighted by molar-refractivity contribution is -0.126. The summed E-state index contributed by atoms with van der Waals surface area (Å²) in [6.45, 7) is 4.48. The van der Waals surface area contributed by atoms with Gasteiger partial charge in [-0.2, -0.15) is 5.10 Å². The molecule has 0 aliphatic heterocycles. The summed E-state index contributed by atoms with van der Waals surface area (Å²) in [7, 11) is 0. The fourth-order valence-corrected chi connectivity index (χ4v) is 2.30. The van der Waals surface area contributed by atoms with Crippen molar-refractivity contribution in [2.24, 2.45) is 11.7 Å². The summed E-state index contributed by atoms with van der Waals surface area (Å²) in [6, 6.07) is 0.201. The standard InChI is InChI=1S/C11H19N5O/c1-8(2)15-11(10(12)17,9-3-4-9)5-16-7-13-6-14-16/h6-9,15H,3-5H2,1-2H3,(H2,12,17). The van der Waals surface area contributed by atoms with Crippen LogP contribution in [0.15, 0.2) is 12.7 Å². The van der Waals surface area contributed by atoms with Crippen molar-refractivity contribution in [3.8, 4) is 0 Å². The lowest BCUT2D eigenvalue weighted by Gasteiger charge is -2.33. The zero-order chi connectivity index (χ0) is 12.5. The Kier molecular flexibility index (Phi) is 3.15. The molecule has 3 N–H and O–H groups in total. The largest absolute Gasteiger partial charge is 0.368 e. The third kappa shape index (κ3) is 2.46. The predicted octanol–water partition coefficient (Wildman–Crippen LogP) is -0.0898. The van der Waals surface area contributed by atoms with Crippen molar-refractivity contribution in [3.63, 3.8) is 0 Å². The van der Waals surface area contributed by atoms with Crippen LogP contribution in [0.4, 0.5) is 0 Å². The second-order valence-electron chi connectivity index (χ2n) is 5.00. The molecule has 0 spiro atoms. The number of rotatable bonds is 6. The normalized spacial score (nSPS) is 19.2. The molecule has 1 aliphatic carbocycles. The molecular weight excluding hydrogens is 218 g/mol. The van der Waals surface area contributed by atoms with Gasteiger partial charge in [-0.15, -0.1) is 0 Å². The highest BCUT2D eigenvalue weighted by Gasteiger charge is 2.50. The van der Waals surface area contributed by atoms with Gasteiger partial charge in [0.2, 0.25) is 5.91 Å². The van der Waals surface area contributed by atoms with E-state index in [1.54, 1.807) is 11.0 Å². The predicted molar refractivity (Wildman–Crippen MR) is 62.9 cm³/mol. The molecular formula is C11H19N5O. The Balaban J connectivity index is 2.23. The average Bonchev–Trinajstić information content (AvgIpc) is 2.97. The van der Waals surface area contributed by atoms with Gasteiger partial charge >= 0.3 is 0 Å². The highest BCUT2D eigenvalue weighted by molar-refractivity contribution is 5.85. The van der Waals surface area contributed by atoms with E-state index < -0.39 is 5.54 Å². The Morgan fingerprint density at radius 3 is 2.76 bits per heavy atom. The lowest BCUT2D eigenvalue weighted by Crippen LogP contribution is -2.61. The van der Waals surface area contributed by atoms with Crippen LogP contribution in [0.2, 0.25) is 0 Å². The number of nitrogens with one attached hydrogen (secondary N) is 1. The molecule has 0 radical (unpaired) electrons. The minimum atomic E-state index is -0.693. The van der Waals surface area contributed by atoms with Crippen molar-refractivity contribution in [1.29, 1.82) is 0 Å². The number of nitrogens with zero attached hydrogens (tertiary/aromatic N) is 3. The molecule has 0 bridgehead atoms. The number of primary amides is 1. The lowest BCUT2D eigenvalue weighted by atomic mass is 9.91. The van der Waals surface area contributed by atoms with Crippen LogP contribution < -0.4 is 11.1 Å². The minimum absolute atomic E-state index is 0.201. The Labute approximate surface area is 101 Å². The molecule has 1 atom stereocenters. The minimum Gasteiger partial charge on any atom is -0.368 e. The number of amides is 1. The van der Waals surface area contributed by atoms with E-state index in [4.69, 9.17) is 5.73 Å². The highest BCUT2D eigenvalue weighted by Crippen LogP contribution is 2.40. The van der Waals surface area contributed by atoms with Gasteiger partial charge < -0.3 is 5.73 Å². The van der Waals surface area contributed by atoms with E-state index in [2.05, 4.69) is 15.4 Å². The molecule has 0 saturated heterocycles. The van der Waals surface area contributed by atoms with E-state index in [1.807, 2.05) is 13.8 Å². The average molecular weight is 237 g/mol. The highest BCUT2D eigenvalue weighted by atomic mass is 16.1. The molecule has 17 heavy (non-hydrogen) atoms. The topological polar surface area (TPSA) is 85.8 Å².